The average Bonchev–Trinajstić information content (AvgIpc) is 2.88. The second kappa shape index (κ2) is 6.48. The van der Waals surface area contributed by atoms with Crippen LogP contribution in [0.25, 0.3) is 11.5 Å². The Kier molecular flexibility index (Phi) is 4.24. The summed E-state index contributed by atoms with van der Waals surface area (Å²) in [5.74, 6) is 0. The molecule has 0 fully saturated rings. The highest BCUT2D eigenvalue weighted by Crippen LogP contribution is 2.16. The lowest BCUT2D eigenvalue weighted by Gasteiger charge is -2.20. The van der Waals surface area contributed by atoms with E-state index < -0.39 is 0 Å². The quantitative estimate of drug-likeness (QED) is 0.395. The topological polar surface area (TPSA) is 8.81 Å². The molecule has 0 unspecified atom stereocenters. The first-order valence-electron chi connectivity index (χ1n) is 7.42. The third-order valence-electron chi connectivity index (χ3n) is 3.75. The van der Waals surface area contributed by atoms with Crippen LogP contribution in [0.15, 0.2) is 73.1 Å². The van der Waals surface area contributed by atoms with Crippen LogP contribution in [0.5, 0.6) is 0 Å². The number of imidazole rings is 1. The number of hydrogen-bond donors (Lipinski definition) is 0. The predicted molar refractivity (Wildman–Crippen MR) is 92.7 cm³/mol. The summed E-state index contributed by atoms with van der Waals surface area (Å²) < 4.78 is 4.25. The molecule has 3 aromatic rings. The van der Waals surface area contributed by atoms with Gasteiger partial charge >= 0.3 is 0 Å². The minimum atomic E-state index is 1.16. The molecule has 0 saturated heterocycles. The van der Waals surface area contributed by atoms with E-state index in [1.54, 1.807) is 0 Å². The van der Waals surface area contributed by atoms with Gasteiger partial charge in [0.2, 0.25) is 0 Å². The Morgan fingerprint density at radius 1 is 1.00 bits per heavy atom. The van der Waals surface area contributed by atoms with E-state index in [2.05, 4.69) is 97.5 Å². The molecule has 0 saturated carbocycles. The molecule has 0 atom stereocenters. The van der Waals surface area contributed by atoms with E-state index in [4.69, 9.17) is 0 Å². The summed E-state index contributed by atoms with van der Waals surface area (Å²) in [5.41, 5.74) is 4.78. The van der Waals surface area contributed by atoms with Gasteiger partial charge in [-0.05, 0) is 5.56 Å². The van der Waals surface area contributed by atoms with Crippen molar-refractivity contribution in [1.82, 2.24) is 4.57 Å². The summed E-state index contributed by atoms with van der Waals surface area (Å²) in [5, 5.41) is 0. The van der Waals surface area contributed by atoms with Crippen LogP contribution in [0.3, 0.4) is 0 Å². The van der Waals surface area contributed by atoms with E-state index >= 15 is 0 Å². The van der Waals surface area contributed by atoms with E-state index in [0.29, 0.717) is 0 Å². The molecule has 0 bridgehead atoms. The van der Waals surface area contributed by atoms with E-state index in [0.717, 1.165) is 5.72 Å². The van der Waals surface area contributed by atoms with E-state index in [-0.39, 0.29) is 0 Å². The number of nitrogens with zero attached hydrogens (tertiary/aromatic N) is 2. The molecule has 3 heteroatoms. The van der Waals surface area contributed by atoms with Gasteiger partial charge in [0, 0.05) is 5.72 Å². The van der Waals surface area contributed by atoms with Crippen LogP contribution < -0.4 is 10.3 Å². The van der Waals surface area contributed by atoms with Crippen LogP contribution in [0.2, 0.25) is 0 Å². The zero-order chi connectivity index (χ0) is 15.4. The van der Waals surface area contributed by atoms with E-state index in [1.165, 1.54) is 16.6 Å². The third kappa shape index (κ3) is 3.20. The highest BCUT2D eigenvalue weighted by Gasteiger charge is 2.02. The number of hydrogen-bond acceptors (Lipinski definition) is 0. The molecule has 0 aliphatic rings. The molecule has 2 aromatic carbocycles. The molecule has 0 spiro atoms. The molecular formula is C19H19BN2. The first kappa shape index (κ1) is 14.4. The molecule has 0 amide bonds. The highest BCUT2D eigenvalue weighted by molar-refractivity contribution is 6.72. The standard InChI is InChI=1S/C19H19BN2/c1-21-13-14-22(2)19(21)20-18(17-11-7-4-8-12-17)15-16-9-5-3-6-10-16/h3-15H,1-2H3/b18-15-. The summed E-state index contributed by atoms with van der Waals surface area (Å²) in [6.45, 7) is 0. The van der Waals surface area contributed by atoms with Gasteiger partial charge < -0.3 is 0 Å². The summed E-state index contributed by atoms with van der Waals surface area (Å²) in [6.07, 6.45) is 6.36. The minimum absolute atomic E-state index is 1.16. The average molecular weight is 286 g/mol. The fraction of sp³-hybridized carbons (Fsp3) is 0.105. The van der Waals surface area contributed by atoms with Crippen molar-refractivity contribution in [3.8, 4) is 0 Å². The molecule has 0 N–H and O–H groups in total. The first-order chi connectivity index (χ1) is 10.7. The second-order valence-corrected chi connectivity index (χ2v) is 5.40. The zero-order valence-electron chi connectivity index (χ0n) is 13.0. The van der Waals surface area contributed by atoms with Crippen molar-refractivity contribution in [3.05, 3.63) is 84.2 Å². The highest BCUT2D eigenvalue weighted by atomic mass is 15.1. The Morgan fingerprint density at radius 3 is 2.23 bits per heavy atom. The number of benzene rings is 2. The second-order valence-electron chi connectivity index (χ2n) is 5.40. The molecule has 2 radical (unpaired) electrons. The van der Waals surface area contributed by atoms with Crippen LogP contribution in [-0.4, -0.2) is 11.8 Å². The molecule has 108 valence electrons. The lowest BCUT2D eigenvalue weighted by atomic mass is 9.65. The van der Waals surface area contributed by atoms with Gasteiger partial charge in [-0.15, -0.1) is 7.28 Å². The maximum atomic E-state index is 2.22. The third-order valence-corrected chi connectivity index (χ3v) is 3.75. The van der Waals surface area contributed by atoms with Crippen molar-refractivity contribution in [2.75, 3.05) is 0 Å². The summed E-state index contributed by atoms with van der Waals surface area (Å²) in [6, 6.07) is 20.9. The van der Waals surface area contributed by atoms with Gasteiger partial charge in [-0.2, -0.15) is 0 Å². The largest absolute Gasteiger partial charge is 0.280 e. The van der Waals surface area contributed by atoms with Gasteiger partial charge in [0.25, 0.3) is 0 Å². The minimum Gasteiger partial charge on any atom is -0.280 e. The lowest BCUT2D eigenvalue weighted by molar-refractivity contribution is -0.652. The molecule has 0 aliphatic heterocycles. The Labute approximate surface area is 132 Å². The maximum absolute atomic E-state index is 2.22. The van der Waals surface area contributed by atoms with Gasteiger partial charge in [-0.25, -0.2) is 0 Å². The van der Waals surface area contributed by atoms with Crippen LogP contribution in [0.1, 0.15) is 11.1 Å². The van der Waals surface area contributed by atoms with Gasteiger partial charge in [0.15, 0.2) is 0 Å². The normalized spacial score (nSPS) is 11.6. The van der Waals surface area contributed by atoms with Gasteiger partial charge in [-0.1, -0.05) is 72.3 Å². The Balaban J connectivity index is 2.02. The van der Waals surface area contributed by atoms with Crippen LogP contribution in [0.4, 0.5) is 0 Å². The predicted octanol–water partition coefficient (Wildman–Crippen LogP) is 2.38. The van der Waals surface area contributed by atoms with Crippen molar-refractivity contribution in [3.63, 3.8) is 0 Å². The Hall–Kier alpha value is -2.55. The smallest absolute Gasteiger partial charge is 0.125 e. The molecule has 22 heavy (non-hydrogen) atoms. The molecule has 1 heterocycles. The summed E-state index contributed by atoms with van der Waals surface area (Å²) in [4.78, 5) is 0. The molecular weight excluding hydrogens is 267 g/mol. The molecule has 0 aliphatic carbocycles. The van der Waals surface area contributed by atoms with Crippen molar-refractivity contribution < 1.29 is 4.57 Å². The van der Waals surface area contributed by atoms with Crippen LogP contribution in [-0.2, 0) is 14.1 Å². The van der Waals surface area contributed by atoms with Gasteiger partial charge in [0.1, 0.15) is 12.4 Å². The molecule has 3 rings (SSSR count). The van der Waals surface area contributed by atoms with Gasteiger partial charge in [-0.3, -0.25) is 14.6 Å². The monoisotopic (exact) mass is 286 g/mol. The Bertz CT molecular complexity index is 754. The fourth-order valence-electron chi connectivity index (χ4n) is 2.51. The fourth-order valence-corrected chi connectivity index (χ4v) is 2.51. The summed E-state index contributed by atoms with van der Waals surface area (Å²) in [7, 11) is 6.36. The SMILES string of the molecule is Cn1cc[n+](C)c1[B-]/C(=C\c1ccccc1)c1ccccc1. The molecule has 1 aromatic heterocycles. The zero-order valence-corrected chi connectivity index (χ0v) is 13.0. The first-order valence-corrected chi connectivity index (χ1v) is 7.42. The number of rotatable bonds is 4. The van der Waals surface area contributed by atoms with Crippen LogP contribution in [0, 0.1) is 0 Å². The van der Waals surface area contributed by atoms with E-state index in [1.807, 2.05) is 12.1 Å². The molecule has 2 nitrogen and oxygen atoms in total. The van der Waals surface area contributed by atoms with Crippen molar-refractivity contribution >= 4 is 24.6 Å². The lowest BCUT2D eigenvalue weighted by Crippen LogP contribution is -2.49. The van der Waals surface area contributed by atoms with Crippen molar-refractivity contribution in [1.29, 1.82) is 0 Å². The Morgan fingerprint density at radius 2 is 1.64 bits per heavy atom. The van der Waals surface area contributed by atoms with Gasteiger partial charge in [0.05, 0.1) is 14.1 Å². The van der Waals surface area contributed by atoms with Crippen LogP contribution >= 0.6 is 0 Å². The number of aryl methyl sites for hydroxylation is 2. The summed E-state index contributed by atoms with van der Waals surface area (Å²) >= 11 is 0. The van der Waals surface area contributed by atoms with E-state index in [9.17, 15) is 0 Å². The van der Waals surface area contributed by atoms with Crippen molar-refractivity contribution in [2.45, 2.75) is 0 Å². The maximum Gasteiger partial charge on any atom is 0.125 e. The van der Waals surface area contributed by atoms with Crippen molar-refractivity contribution in [2.24, 2.45) is 14.1 Å². The number of aromatic nitrogens is 2.